The summed E-state index contributed by atoms with van der Waals surface area (Å²) in [6.07, 6.45) is 0.845. The lowest BCUT2D eigenvalue weighted by Gasteiger charge is -2.17. The molecule has 9 heteroatoms. The van der Waals surface area contributed by atoms with E-state index in [1.165, 1.54) is 11.8 Å². The van der Waals surface area contributed by atoms with E-state index in [-0.39, 0.29) is 12.5 Å². The minimum atomic E-state index is -0.730. The molecule has 4 rings (SSSR count). The van der Waals surface area contributed by atoms with Crippen LogP contribution in [0.5, 0.6) is 5.75 Å². The van der Waals surface area contributed by atoms with Gasteiger partial charge in [-0.2, -0.15) is 0 Å². The van der Waals surface area contributed by atoms with Gasteiger partial charge in [0.15, 0.2) is 0 Å². The highest BCUT2D eigenvalue weighted by molar-refractivity contribution is 6.03. The Balaban J connectivity index is 1.39. The number of ether oxygens (including phenoxy) is 1. The molecule has 0 spiro atoms. The Morgan fingerprint density at radius 3 is 2.50 bits per heavy atom. The molecule has 1 saturated heterocycles. The van der Waals surface area contributed by atoms with Crippen molar-refractivity contribution in [2.75, 3.05) is 28.6 Å². The van der Waals surface area contributed by atoms with Gasteiger partial charge in [0, 0.05) is 30.9 Å². The number of para-hydroxylation sites is 1. The van der Waals surface area contributed by atoms with Crippen molar-refractivity contribution >= 4 is 40.9 Å². The number of imide groups is 1. The molecule has 1 aromatic heterocycles. The maximum absolute atomic E-state index is 12.6. The van der Waals surface area contributed by atoms with Crippen LogP contribution in [-0.4, -0.2) is 41.0 Å². The number of carbonyl (C=O) groups is 3. The minimum absolute atomic E-state index is 0.198. The summed E-state index contributed by atoms with van der Waals surface area (Å²) in [5.74, 6) is 0.551. The number of nitrogens with zero attached hydrogens (tertiary/aromatic N) is 3. The molecule has 0 atom stereocenters. The van der Waals surface area contributed by atoms with Crippen LogP contribution < -0.4 is 20.3 Å². The van der Waals surface area contributed by atoms with Gasteiger partial charge in [-0.15, -0.1) is 0 Å². The minimum Gasteiger partial charge on any atom is -0.410 e. The highest BCUT2D eigenvalue weighted by atomic mass is 16.6. The molecule has 2 aromatic carbocycles. The van der Waals surface area contributed by atoms with Gasteiger partial charge in [0.1, 0.15) is 11.6 Å². The summed E-state index contributed by atoms with van der Waals surface area (Å²) in [5, 5.41) is 5.75. The highest BCUT2D eigenvalue weighted by Gasteiger charge is 2.35. The van der Waals surface area contributed by atoms with Gasteiger partial charge in [0.05, 0.1) is 18.4 Å². The third-order valence-electron chi connectivity index (χ3n) is 4.69. The van der Waals surface area contributed by atoms with Crippen LogP contribution in [0.25, 0.3) is 0 Å². The van der Waals surface area contributed by atoms with Gasteiger partial charge < -0.3 is 15.4 Å². The summed E-state index contributed by atoms with van der Waals surface area (Å²) in [7, 11) is 0. The summed E-state index contributed by atoms with van der Waals surface area (Å²) in [4.78, 5) is 43.1. The average Bonchev–Trinajstić information content (AvgIpc) is 3.17. The average molecular weight is 431 g/mol. The van der Waals surface area contributed by atoms with E-state index in [0.29, 0.717) is 29.5 Å². The Morgan fingerprint density at radius 1 is 0.969 bits per heavy atom. The van der Waals surface area contributed by atoms with Crippen molar-refractivity contribution in [3.05, 3.63) is 72.9 Å². The maximum atomic E-state index is 12.6. The van der Waals surface area contributed by atoms with Crippen molar-refractivity contribution < 1.29 is 19.1 Å². The number of rotatable bonds is 5. The Morgan fingerprint density at radius 2 is 1.78 bits per heavy atom. The fraction of sp³-hybridized carbons (Fsp3) is 0.130. The van der Waals surface area contributed by atoms with Crippen LogP contribution in [0.2, 0.25) is 0 Å². The zero-order valence-electron chi connectivity index (χ0n) is 17.3. The topological polar surface area (TPSA) is 104 Å². The van der Waals surface area contributed by atoms with Gasteiger partial charge in [-0.25, -0.2) is 19.5 Å². The number of benzene rings is 2. The second-order valence-corrected chi connectivity index (χ2v) is 7.06. The fourth-order valence-corrected chi connectivity index (χ4v) is 3.24. The van der Waals surface area contributed by atoms with Crippen molar-refractivity contribution in [1.82, 2.24) is 9.88 Å². The number of nitrogens with one attached hydrogen (secondary N) is 2. The van der Waals surface area contributed by atoms with Crippen molar-refractivity contribution in [3.63, 3.8) is 0 Å². The van der Waals surface area contributed by atoms with E-state index in [0.717, 1.165) is 10.6 Å². The lowest BCUT2D eigenvalue weighted by molar-refractivity contribution is -0.114. The number of hydrogen-bond donors (Lipinski definition) is 2. The van der Waals surface area contributed by atoms with Gasteiger partial charge in [0.25, 0.3) is 0 Å². The van der Waals surface area contributed by atoms with Crippen LogP contribution in [0.4, 0.5) is 32.5 Å². The number of urea groups is 1. The molecule has 1 aliphatic rings. The third kappa shape index (κ3) is 4.84. The fourth-order valence-electron chi connectivity index (χ4n) is 3.24. The van der Waals surface area contributed by atoms with E-state index in [9.17, 15) is 14.4 Å². The second kappa shape index (κ2) is 9.17. The quantitative estimate of drug-likeness (QED) is 0.627. The molecule has 2 N–H and O–H groups in total. The number of aromatic nitrogens is 1. The monoisotopic (exact) mass is 431 g/mol. The van der Waals surface area contributed by atoms with E-state index in [1.807, 2.05) is 30.3 Å². The van der Waals surface area contributed by atoms with Crippen molar-refractivity contribution in [3.8, 4) is 5.75 Å². The predicted octanol–water partition coefficient (Wildman–Crippen LogP) is 4.22. The largest absolute Gasteiger partial charge is 0.423 e. The summed E-state index contributed by atoms with van der Waals surface area (Å²) >= 11 is 0. The van der Waals surface area contributed by atoms with Crippen LogP contribution in [0.1, 0.15) is 6.92 Å². The van der Waals surface area contributed by atoms with E-state index < -0.39 is 12.1 Å². The van der Waals surface area contributed by atoms with E-state index in [1.54, 1.807) is 42.6 Å². The molecule has 2 heterocycles. The first kappa shape index (κ1) is 20.9. The zero-order chi connectivity index (χ0) is 22.5. The van der Waals surface area contributed by atoms with Crippen molar-refractivity contribution in [1.29, 1.82) is 0 Å². The van der Waals surface area contributed by atoms with Gasteiger partial charge in [-0.3, -0.25) is 9.69 Å². The van der Waals surface area contributed by atoms with Crippen molar-refractivity contribution in [2.24, 2.45) is 0 Å². The maximum Gasteiger partial charge on any atom is 0.423 e. The van der Waals surface area contributed by atoms with E-state index in [2.05, 4.69) is 15.6 Å². The van der Waals surface area contributed by atoms with Crippen LogP contribution in [0.3, 0.4) is 0 Å². The first-order valence-electron chi connectivity index (χ1n) is 9.96. The normalized spacial score (nSPS) is 13.1. The molecule has 0 saturated carbocycles. The second-order valence-electron chi connectivity index (χ2n) is 7.06. The molecule has 32 heavy (non-hydrogen) atoms. The van der Waals surface area contributed by atoms with Gasteiger partial charge in [-0.1, -0.05) is 24.3 Å². The first-order chi connectivity index (χ1) is 15.5. The summed E-state index contributed by atoms with van der Waals surface area (Å²) in [6, 6.07) is 19.0. The predicted molar refractivity (Wildman–Crippen MR) is 120 cm³/mol. The number of amides is 4. The molecule has 0 bridgehead atoms. The lowest BCUT2D eigenvalue weighted by Crippen LogP contribution is -2.38. The Hall–Kier alpha value is -4.40. The number of pyridine rings is 1. The lowest BCUT2D eigenvalue weighted by atomic mass is 10.3. The molecule has 9 nitrogen and oxygen atoms in total. The van der Waals surface area contributed by atoms with Crippen LogP contribution >= 0.6 is 0 Å². The molecule has 0 aliphatic carbocycles. The van der Waals surface area contributed by atoms with Crippen molar-refractivity contribution in [2.45, 2.75) is 6.92 Å². The molecule has 1 aliphatic heterocycles. The van der Waals surface area contributed by atoms with Crippen LogP contribution in [0, 0.1) is 0 Å². The zero-order valence-corrected chi connectivity index (χ0v) is 17.3. The molecule has 0 radical (unpaired) electrons. The summed E-state index contributed by atoms with van der Waals surface area (Å²) in [5.41, 5.74) is 2.09. The molecule has 162 valence electrons. The molecule has 4 amide bonds. The number of hydrogen-bond acceptors (Lipinski definition) is 6. The number of carbonyl (C=O) groups excluding carboxylic acids is 3. The molecule has 1 fully saturated rings. The molecule has 3 aromatic rings. The van der Waals surface area contributed by atoms with Crippen LogP contribution in [0.15, 0.2) is 72.9 Å². The summed E-state index contributed by atoms with van der Waals surface area (Å²) in [6.45, 7) is 2.06. The highest BCUT2D eigenvalue weighted by Crippen LogP contribution is 2.24. The van der Waals surface area contributed by atoms with Gasteiger partial charge >= 0.3 is 12.1 Å². The molecule has 0 unspecified atom stereocenters. The third-order valence-corrected chi connectivity index (χ3v) is 4.69. The van der Waals surface area contributed by atoms with Crippen LogP contribution in [-0.2, 0) is 4.79 Å². The first-order valence-corrected chi connectivity index (χ1v) is 9.96. The van der Waals surface area contributed by atoms with E-state index in [4.69, 9.17) is 4.74 Å². The standard InChI is InChI=1S/C23H21N5O4/c1-16(29)25-21-11-10-18(15-24-21)26-17-6-5-9-20(14-17)32-23(31)28-13-12-27(22(28)30)19-7-3-2-4-8-19/h2-11,14-15,26H,12-13H2,1H3,(H,24,25,29). The molecular weight excluding hydrogens is 410 g/mol. The number of anilines is 4. The summed E-state index contributed by atoms with van der Waals surface area (Å²) < 4.78 is 5.43. The Bertz CT molecular complexity index is 1130. The Kier molecular flexibility index (Phi) is 5.98. The SMILES string of the molecule is CC(=O)Nc1ccc(Nc2cccc(OC(=O)N3CCN(c4ccccc4)C3=O)c2)cn1. The molecular formula is C23H21N5O4. The van der Waals surface area contributed by atoms with Gasteiger partial charge in [-0.05, 0) is 36.4 Å². The van der Waals surface area contributed by atoms with E-state index >= 15 is 0 Å². The Labute approximate surface area is 184 Å². The van der Waals surface area contributed by atoms with Gasteiger partial charge in [0.2, 0.25) is 5.91 Å². The smallest absolute Gasteiger partial charge is 0.410 e.